The molecule has 2 saturated carbocycles. The molecule has 1 N–H and O–H groups in total. The van der Waals surface area contributed by atoms with Crippen LogP contribution in [0, 0.1) is 5.92 Å². The van der Waals surface area contributed by atoms with Gasteiger partial charge in [-0.05, 0) is 51.5 Å². The molecule has 0 spiro atoms. The van der Waals surface area contributed by atoms with Gasteiger partial charge in [-0.1, -0.05) is 6.92 Å². The number of nitrogens with zero attached hydrogens (tertiary/aromatic N) is 1. The molecule has 2 rings (SSSR count). The molecule has 4 heteroatoms. The fourth-order valence-electron chi connectivity index (χ4n) is 2.74. The van der Waals surface area contributed by atoms with Crippen molar-refractivity contribution in [1.82, 2.24) is 10.2 Å². The molecule has 0 aromatic rings. The van der Waals surface area contributed by atoms with Gasteiger partial charge in [0, 0.05) is 19.1 Å². The van der Waals surface area contributed by atoms with Crippen molar-refractivity contribution in [1.29, 1.82) is 0 Å². The van der Waals surface area contributed by atoms with Crippen LogP contribution >= 0.6 is 0 Å². The van der Waals surface area contributed by atoms with Crippen LogP contribution in [0.25, 0.3) is 0 Å². The Hall–Kier alpha value is -0.610. The van der Waals surface area contributed by atoms with Gasteiger partial charge in [-0.2, -0.15) is 0 Å². The van der Waals surface area contributed by atoms with Crippen LogP contribution in [-0.2, 0) is 9.53 Å². The lowest BCUT2D eigenvalue weighted by atomic mass is 10.0. The first-order chi connectivity index (χ1) is 9.07. The third kappa shape index (κ3) is 4.46. The number of esters is 1. The molecule has 2 aliphatic rings. The lowest BCUT2D eigenvalue weighted by Gasteiger charge is -2.34. The number of carbonyl (C=O) groups excluding carboxylic acids is 1. The second-order valence-corrected chi connectivity index (χ2v) is 6.42. The van der Waals surface area contributed by atoms with E-state index in [1.807, 2.05) is 6.92 Å². The average molecular weight is 268 g/mol. The van der Waals surface area contributed by atoms with Crippen molar-refractivity contribution in [3.63, 3.8) is 0 Å². The Bertz CT molecular complexity index is 313. The van der Waals surface area contributed by atoms with Gasteiger partial charge in [-0.25, -0.2) is 0 Å². The minimum absolute atomic E-state index is 0.128. The summed E-state index contributed by atoms with van der Waals surface area (Å²) in [7, 11) is 1.49. The zero-order valence-corrected chi connectivity index (χ0v) is 12.6. The van der Waals surface area contributed by atoms with Crippen LogP contribution in [0.4, 0.5) is 0 Å². The summed E-state index contributed by atoms with van der Waals surface area (Å²) < 4.78 is 5.02. The van der Waals surface area contributed by atoms with Crippen LogP contribution in [0.2, 0.25) is 0 Å². The number of rotatable bonds is 9. The summed E-state index contributed by atoms with van der Waals surface area (Å²) in [6.07, 6.45) is 6.20. The molecule has 0 heterocycles. The third-order valence-corrected chi connectivity index (χ3v) is 4.03. The molecule has 19 heavy (non-hydrogen) atoms. The number of hydrogen-bond donors (Lipinski definition) is 1. The Morgan fingerprint density at radius 2 is 2.05 bits per heavy atom. The molecule has 0 aliphatic heterocycles. The van der Waals surface area contributed by atoms with E-state index in [-0.39, 0.29) is 5.97 Å². The maximum Gasteiger partial charge on any atom is 0.327 e. The Morgan fingerprint density at radius 3 is 2.53 bits per heavy atom. The summed E-state index contributed by atoms with van der Waals surface area (Å²) in [4.78, 5) is 14.6. The van der Waals surface area contributed by atoms with Gasteiger partial charge in [0.2, 0.25) is 0 Å². The number of methoxy groups -OCH3 is 1. The summed E-state index contributed by atoms with van der Waals surface area (Å²) in [6, 6.07) is 0.508. The molecule has 4 nitrogen and oxygen atoms in total. The molecular formula is C15H28N2O2. The zero-order valence-electron chi connectivity index (χ0n) is 12.6. The SMILES string of the molecule is CCCN(CC1CC1)CC(C)(NC1CC1)C(=O)OC. The molecule has 0 aromatic carbocycles. The average Bonchev–Trinajstić information content (AvgIpc) is 3.24. The summed E-state index contributed by atoms with van der Waals surface area (Å²) >= 11 is 0. The topological polar surface area (TPSA) is 41.6 Å². The van der Waals surface area contributed by atoms with E-state index in [2.05, 4.69) is 17.1 Å². The van der Waals surface area contributed by atoms with Crippen molar-refractivity contribution in [2.75, 3.05) is 26.7 Å². The number of ether oxygens (including phenoxy) is 1. The second kappa shape index (κ2) is 6.23. The van der Waals surface area contributed by atoms with Gasteiger partial charge in [-0.15, -0.1) is 0 Å². The highest BCUT2D eigenvalue weighted by molar-refractivity contribution is 5.80. The standard InChI is InChI=1S/C15H28N2O2/c1-4-9-17(10-12-5-6-12)11-15(2,14(18)19-3)16-13-7-8-13/h12-13,16H,4-11H2,1-3H3. The maximum absolute atomic E-state index is 12.1. The lowest BCUT2D eigenvalue weighted by molar-refractivity contribution is -0.149. The first kappa shape index (κ1) is 14.8. The quantitative estimate of drug-likeness (QED) is 0.647. The van der Waals surface area contributed by atoms with Gasteiger partial charge >= 0.3 is 5.97 Å². The van der Waals surface area contributed by atoms with Crippen molar-refractivity contribution >= 4 is 5.97 Å². The van der Waals surface area contributed by atoms with Gasteiger partial charge in [0.1, 0.15) is 5.54 Å². The fourth-order valence-corrected chi connectivity index (χ4v) is 2.74. The maximum atomic E-state index is 12.1. The first-order valence-electron chi connectivity index (χ1n) is 7.66. The summed E-state index contributed by atoms with van der Waals surface area (Å²) in [5.74, 6) is 0.727. The summed E-state index contributed by atoms with van der Waals surface area (Å²) in [5, 5.41) is 3.48. The largest absolute Gasteiger partial charge is 0.468 e. The highest BCUT2D eigenvalue weighted by atomic mass is 16.5. The van der Waals surface area contributed by atoms with E-state index >= 15 is 0 Å². The predicted molar refractivity (Wildman–Crippen MR) is 76.0 cm³/mol. The molecule has 1 unspecified atom stereocenters. The minimum Gasteiger partial charge on any atom is -0.468 e. The van der Waals surface area contributed by atoms with Gasteiger partial charge in [0.05, 0.1) is 7.11 Å². The third-order valence-electron chi connectivity index (χ3n) is 4.03. The number of nitrogens with one attached hydrogen (secondary N) is 1. The molecule has 0 radical (unpaired) electrons. The first-order valence-corrected chi connectivity index (χ1v) is 7.66. The molecule has 0 aromatic heterocycles. The number of carbonyl (C=O) groups is 1. The highest BCUT2D eigenvalue weighted by Gasteiger charge is 2.41. The predicted octanol–water partition coefficient (Wildman–Crippen LogP) is 1.79. The van der Waals surface area contributed by atoms with Crippen molar-refractivity contribution in [2.24, 2.45) is 5.92 Å². The van der Waals surface area contributed by atoms with Gasteiger partial charge < -0.3 is 9.64 Å². The summed E-state index contributed by atoms with van der Waals surface area (Å²) in [6.45, 7) is 7.15. The Labute approximate surface area is 116 Å². The minimum atomic E-state index is -0.556. The van der Waals surface area contributed by atoms with E-state index in [1.54, 1.807) is 0 Å². The zero-order chi connectivity index (χ0) is 13.9. The van der Waals surface area contributed by atoms with Crippen LogP contribution in [0.3, 0.4) is 0 Å². The molecule has 110 valence electrons. The van der Waals surface area contributed by atoms with E-state index in [0.29, 0.717) is 6.04 Å². The van der Waals surface area contributed by atoms with Crippen molar-refractivity contribution in [3.8, 4) is 0 Å². The molecule has 1 atom stereocenters. The molecule has 2 fully saturated rings. The fraction of sp³-hybridized carbons (Fsp3) is 0.933. The normalized spacial score (nSPS) is 22.3. The molecular weight excluding hydrogens is 240 g/mol. The van der Waals surface area contributed by atoms with Crippen LogP contribution in [0.1, 0.15) is 46.0 Å². The van der Waals surface area contributed by atoms with Gasteiger partial charge in [0.25, 0.3) is 0 Å². The lowest BCUT2D eigenvalue weighted by Crippen LogP contribution is -2.58. The van der Waals surface area contributed by atoms with E-state index in [0.717, 1.165) is 32.0 Å². The Morgan fingerprint density at radius 1 is 1.37 bits per heavy atom. The highest BCUT2D eigenvalue weighted by Crippen LogP contribution is 2.30. The van der Waals surface area contributed by atoms with Crippen molar-refractivity contribution in [3.05, 3.63) is 0 Å². The van der Waals surface area contributed by atoms with Gasteiger partial charge in [-0.3, -0.25) is 10.1 Å². The Kier molecular flexibility index (Phi) is 4.85. The summed E-state index contributed by atoms with van der Waals surface area (Å²) in [5.41, 5.74) is -0.556. The van der Waals surface area contributed by atoms with Crippen molar-refractivity contribution < 1.29 is 9.53 Å². The molecule has 0 amide bonds. The van der Waals surface area contributed by atoms with E-state index in [4.69, 9.17) is 4.74 Å². The monoisotopic (exact) mass is 268 g/mol. The molecule has 0 bridgehead atoms. The van der Waals surface area contributed by atoms with Crippen LogP contribution < -0.4 is 5.32 Å². The van der Waals surface area contributed by atoms with Crippen molar-refractivity contribution in [2.45, 2.75) is 57.5 Å². The smallest absolute Gasteiger partial charge is 0.327 e. The molecule has 0 saturated heterocycles. The van der Waals surface area contributed by atoms with Gasteiger partial charge in [0.15, 0.2) is 0 Å². The Balaban J connectivity index is 1.95. The number of hydrogen-bond acceptors (Lipinski definition) is 4. The second-order valence-electron chi connectivity index (χ2n) is 6.42. The van der Waals surface area contributed by atoms with E-state index < -0.39 is 5.54 Å². The van der Waals surface area contributed by atoms with Crippen LogP contribution in [0.15, 0.2) is 0 Å². The molecule has 2 aliphatic carbocycles. The van der Waals surface area contributed by atoms with E-state index in [1.165, 1.54) is 32.8 Å². The van der Waals surface area contributed by atoms with Crippen LogP contribution in [0.5, 0.6) is 0 Å². The van der Waals surface area contributed by atoms with Crippen LogP contribution in [-0.4, -0.2) is 49.2 Å². The van der Waals surface area contributed by atoms with E-state index in [9.17, 15) is 4.79 Å².